The Morgan fingerprint density at radius 2 is 2.16 bits per heavy atom. The summed E-state index contributed by atoms with van der Waals surface area (Å²) in [6.45, 7) is 2.10. The van der Waals surface area contributed by atoms with Crippen LogP contribution in [-0.2, 0) is 4.79 Å². The van der Waals surface area contributed by atoms with Crippen LogP contribution in [0.25, 0.3) is 0 Å². The number of benzene rings is 1. The molecule has 0 spiro atoms. The van der Waals surface area contributed by atoms with Gasteiger partial charge in [0.25, 0.3) is 0 Å². The second kappa shape index (κ2) is 8.77. The molecule has 19 heavy (non-hydrogen) atoms. The van der Waals surface area contributed by atoms with Crippen LogP contribution in [0.3, 0.4) is 0 Å². The Bertz CT molecular complexity index is 367. The third kappa shape index (κ3) is 5.94. The fourth-order valence-corrected chi connectivity index (χ4v) is 2.10. The van der Waals surface area contributed by atoms with Crippen molar-refractivity contribution >= 4 is 18.3 Å². The zero-order valence-electron chi connectivity index (χ0n) is 10.9. The van der Waals surface area contributed by atoms with E-state index in [-0.39, 0.29) is 18.3 Å². The van der Waals surface area contributed by atoms with E-state index in [1.807, 2.05) is 30.3 Å². The predicted octanol–water partition coefficient (Wildman–Crippen LogP) is 1.75. The molecule has 1 aromatic carbocycles. The molecule has 0 radical (unpaired) electrons. The van der Waals surface area contributed by atoms with E-state index in [9.17, 15) is 4.79 Å². The fraction of sp³-hybridized carbons (Fsp3) is 0.500. The van der Waals surface area contributed by atoms with Crippen LogP contribution >= 0.6 is 12.4 Å². The maximum atomic E-state index is 11.6. The average molecular weight is 285 g/mol. The van der Waals surface area contributed by atoms with Gasteiger partial charge >= 0.3 is 0 Å². The molecule has 1 aliphatic rings. The van der Waals surface area contributed by atoms with Gasteiger partial charge in [0.15, 0.2) is 0 Å². The first kappa shape index (κ1) is 15.8. The van der Waals surface area contributed by atoms with Gasteiger partial charge in [0.05, 0.1) is 6.54 Å². The van der Waals surface area contributed by atoms with Crippen LogP contribution in [0.15, 0.2) is 30.3 Å². The molecule has 0 aromatic heterocycles. The molecule has 2 rings (SSSR count). The largest absolute Gasteiger partial charge is 0.492 e. The molecule has 1 amide bonds. The lowest BCUT2D eigenvalue weighted by molar-refractivity contribution is -0.121. The molecular weight excluding hydrogens is 264 g/mol. The molecule has 106 valence electrons. The van der Waals surface area contributed by atoms with Crippen molar-refractivity contribution in [1.29, 1.82) is 0 Å². The van der Waals surface area contributed by atoms with Crippen LogP contribution in [0.1, 0.15) is 19.3 Å². The highest BCUT2D eigenvalue weighted by molar-refractivity contribution is 5.85. The molecule has 1 aliphatic heterocycles. The van der Waals surface area contributed by atoms with Crippen molar-refractivity contribution in [1.82, 2.24) is 10.6 Å². The summed E-state index contributed by atoms with van der Waals surface area (Å²) in [6.07, 6.45) is 2.86. The van der Waals surface area contributed by atoms with Crippen molar-refractivity contribution in [3.05, 3.63) is 30.3 Å². The van der Waals surface area contributed by atoms with Gasteiger partial charge in [-0.3, -0.25) is 4.79 Å². The topological polar surface area (TPSA) is 50.4 Å². The van der Waals surface area contributed by atoms with Crippen LogP contribution < -0.4 is 15.4 Å². The molecule has 1 fully saturated rings. The Hall–Kier alpha value is -1.26. The van der Waals surface area contributed by atoms with Crippen LogP contribution in [0, 0.1) is 0 Å². The highest BCUT2D eigenvalue weighted by Gasteiger charge is 2.16. The highest BCUT2D eigenvalue weighted by Crippen LogP contribution is 2.08. The number of nitrogens with one attached hydrogen (secondary N) is 2. The molecule has 4 nitrogen and oxygen atoms in total. The maximum Gasteiger partial charge on any atom is 0.221 e. The van der Waals surface area contributed by atoms with Crippen molar-refractivity contribution in [2.75, 3.05) is 19.7 Å². The Morgan fingerprint density at radius 1 is 1.37 bits per heavy atom. The van der Waals surface area contributed by atoms with Crippen molar-refractivity contribution in [3.63, 3.8) is 0 Å². The molecule has 5 heteroatoms. The number of para-hydroxylation sites is 1. The lowest BCUT2D eigenvalue weighted by Crippen LogP contribution is -2.33. The van der Waals surface area contributed by atoms with E-state index in [4.69, 9.17) is 4.74 Å². The number of carbonyl (C=O) groups is 1. The summed E-state index contributed by atoms with van der Waals surface area (Å²) in [5, 5.41) is 6.19. The number of halogens is 1. The first-order valence-corrected chi connectivity index (χ1v) is 6.52. The quantitative estimate of drug-likeness (QED) is 0.783. The second-order valence-electron chi connectivity index (χ2n) is 4.51. The molecule has 0 aliphatic carbocycles. The first-order chi connectivity index (χ1) is 8.84. The number of hydrogen-bond donors (Lipinski definition) is 2. The van der Waals surface area contributed by atoms with E-state index in [1.165, 1.54) is 6.42 Å². The minimum atomic E-state index is 0. The lowest BCUT2D eigenvalue weighted by atomic mass is 10.1. The third-order valence-corrected chi connectivity index (χ3v) is 3.03. The molecule has 0 saturated carbocycles. The van der Waals surface area contributed by atoms with E-state index in [0.29, 0.717) is 25.6 Å². The summed E-state index contributed by atoms with van der Waals surface area (Å²) in [4.78, 5) is 11.6. The van der Waals surface area contributed by atoms with E-state index >= 15 is 0 Å². The summed E-state index contributed by atoms with van der Waals surface area (Å²) in [5.41, 5.74) is 0. The van der Waals surface area contributed by atoms with Crippen LogP contribution in [0.2, 0.25) is 0 Å². The Morgan fingerprint density at radius 3 is 2.84 bits per heavy atom. The summed E-state index contributed by atoms with van der Waals surface area (Å²) < 4.78 is 5.50. The first-order valence-electron chi connectivity index (χ1n) is 6.52. The number of amides is 1. The van der Waals surface area contributed by atoms with Gasteiger partial charge in [-0.1, -0.05) is 18.2 Å². The number of hydrogen-bond acceptors (Lipinski definition) is 3. The Balaban J connectivity index is 0.00000180. The van der Waals surface area contributed by atoms with E-state index in [0.717, 1.165) is 18.7 Å². The highest BCUT2D eigenvalue weighted by atomic mass is 35.5. The van der Waals surface area contributed by atoms with Gasteiger partial charge in [-0.2, -0.15) is 0 Å². The van der Waals surface area contributed by atoms with Crippen LogP contribution in [-0.4, -0.2) is 31.6 Å². The molecule has 1 atom stereocenters. The van der Waals surface area contributed by atoms with Gasteiger partial charge in [0.2, 0.25) is 5.91 Å². The third-order valence-electron chi connectivity index (χ3n) is 3.03. The summed E-state index contributed by atoms with van der Waals surface area (Å²) in [5.74, 6) is 0.940. The van der Waals surface area contributed by atoms with Gasteiger partial charge < -0.3 is 15.4 Å². The van der Waals surface area contributed by atoms with Crippen LogP contribution in [0.5, 0.6) is 5.75 Å². The number of rotatable bonds is 6. The zero-order valence-corrected chi connectivity index (χ0v) is 11.7. The van der Waals surface area contributed by atoms with Crippen molar-refractivity contribution < 1.29 is 9.53 Å². The van der Waals surface area contributed by atoms with Gasteiger partial charge in [-0.05, 0) is 31.5 Å². The number of ether oxygens (including phenoxy) is 1. The molecule has 1 saturated heterocycles. The van der Waals surface area contributed by atoms with E-state index in [2.05, 4.69) is 10.6 Å². The summed E-state index contributed by atoms with van der Waals surface area (Å²) in [6, 6.07) is 9.98. The fourth-order valence-electron chi connectivity index (χ4n) is 2.10. The maximum absolute atomic E-state index is 11.6. The second-order valence-corrected chi connectivity index (χ2v) is 4.51. The molecule has 1 heterocycles. The standard InChI is InChI=1S/C14H20N2O2.ClH/c17-14(11-12-5-4-8-15-12)16-9-10-18-13-6-2-1-3-7-13;/h1-3,6-7,12,15H,4-5,8-11H2,(H,16,17);1H. The Labute approximate surface area is 120 Å². The number of carbonyl (C=O) groups excluding carboxylic acids is 1. The van der Waals surface area contributed by atoms with E-state index in [1.54, 1.807) is 0 Å². The van der Waals surface area contributed by atoms with Gasteiger partial charge in [0.1, 0.15) is 12.4 Å². The molecule has 0 bridgehead atoms. The van der Waals surface area contributed by atoms with E-state index < -0.39 is 0 Å². The molecule has 2 N–H and O–H groups in total. The lowest BCUT2D eigenvalue weighted by Gasteiger charge is -2.11. The zero-order chi connectivity index (χ0) is 12.6. The predicted molar refractivity (Wildman–Crippen MR) is 77.8 cm³/mol. The SMILES string of the molecule is Cl.O=C(CC1CCCN1)NCCOc1ccccc1. The summed E-state index contributed by atoms with van der Waals surface area (Å²) in [7, 11) is 0. The minimum absolute atomic E-state index is 0. The monoisotopic (exact) mass is 284 g/mol. The van der Waals surface area contributed by atoms with Gasteiger partial charge in [-0.15, -0.1) is 12.4 Å². The van der Waals surface area contributed by atoms with Gasteiger partial charge in [0, 0.05) is 12.5 Å². The normalized spacial score (nSPS) is 17.6. The summed E-state index contributed by atoms with van der Waals surface area (Å²) >= 11 is 0. The average Bonchev–Trinajstić information content (AvgIpc) is 2.89. The molecular formula is C14H21ClN2O2. The Kier molecular flexibility index (Phi) is 7.30. The van der Waals surface area contributed by atoms with Crippen molar-refractivity contribution in [3.8, 4) is 5.75 Å². The van der Waals surface area contributed by atoms with Gasteiger partial charge in [-0.25, -0.2) is 0 Å². The van der Waals surface area contributed by atoms with Crippen molar-refractivity contribution in [2.24, 2.45) is 0 Å². The van der Waals surface area contributed by atoms with Crippen LogP contribution in [0.4, 0.5) is 0 Å². The molecule has 1 aromatic rings. The van der Waals surface area contributed by atoms with Crippen molar-refractivity contribution in [2.45, 2.75) is 25.3 Å². The minimum Gasteiger partial charge on any atom is -0.492 e. The smallest absolute Gasteiger partial charge is 0.221 e. The molecule has 1 unspecified atom stereocenters.